The van der Waals surface area contributed by atoms with Crippen molar-refractivity contribution in [1.82, 2.24) is 24.9 Å². The number of carbonyl (C=O) groups is 3. The van der Waals surface area contributed by atoms with Gasteiger partial charge in [-0.05, 0) is 74.3 Å². The zero-order valence-electron chi connectivity index (χ0n) is 35.4. The normalized spacial score (nSPS) is 21.9. The predicted octanol–water partition coefficient (Wildman–Crippen LogP) is 7.33. The molecule has 5 unspecified atom stereocenters. The summed E-state index contributed by atoms with van der Waals surface area (Å²) in [4.78, 5) is 54.0. The molecule has 0 spiro atoms. The largest absolute Gasteiger partial charge is 0.496 e. The molecule has 2 aromatic carbocycles. The van der Waals surface area contributed by atoms with Gasteiger partial charge in [0.15, 0.2) is 0 Å². The number of halogens is 4. The van der Waals surface area contributed by atoms with Gasteiger partial charge in [-0.2, -0.15) is 13.2 Å². The van der Waals surface area contributed by atoms with E-state index in [9.17, 15) is 40.4 Å². The first-order valence-corrected chi connectivity index (χ1v) is 23.0. The molecule has 0 bridgehead atoms. The summed E-state index contributed by atoms with van der Waals surface area (Å²) < 4.78 is 95.8. The topological polar surface area (TPSA) is 169 Å². The number of benzene rings is 2. The highest BCUT2D eigenvalue weighted by Gasteiger charge is 2.62. The highest BCUT2D eigenvalue weighted by molar-refractivity contribution is 7.91. The fourth-order valence-electron chi connectivity index (χ4n) is 8.03. The minimum Gasteiger partial charge on any atom is -0.496 e. The number of nitrogens with zero attached hydrogens (tertiary/aromatic N) is 3. The number of aromatic nitrogens is 2. The number of amides is 3. The Labute approximate surface area is 361 Å². The fourth-order valence-corrected chi connectivity index (χ4v) is 10.3. The molecule has 2 aliphatic carbocycles. The number of sulfonamides is 1. The molecule has 3 aliphatic rings. The van der Waals surface area contributed by atoms with Crippen molar-refractivity contribution in [3.63, 3.8) is 0 Å². The van der Waals surface area contributed by atoms with Gasteiger partial charge >= 0.3 is 6.18 Å². The van der Waals surface area contributed by atoms with Crippen LogP contribution in [0.2, 0.25) is 0 Å². The molecule has 5 atom stereocenters. The van der Waals surface area contributed by atoms with Crippen LogP contribution in [0.1, 0.15) is 89.5 Å². The van der Waals surface area contributed by atoms with E-state index >= 15 is 0 Å². The number of hydrogen-bond acceptors (Lipinski definition) is 11. The summed E-state index contributed by atoms with van der Waals surface area (Å²) in [6, 6.07) is 4.69. The van der Waals surface area contributed by atoms with Gasteiger partial charge in [0, 0.05) is 34.5 Å². The number of nitrogens with one attached hydrogen (secondary N) is 3. The van der Waals surface area contributed by atoms with Gasteiger partial charge in [0.25, 0.3) is 5.91 Å². The minimum absolute atomic E-state index is 0.0848. The Morgan fingerprint density at radius 2 is 1.77 bits per heavy atom. The number of hydrogen-bond donors (Lipinski definition) is 3. The van der Waals surface area contributed by atoms with Gasteiger partial charge in [-0.25, -0.2) is 22.8 Å². The second-order valence-electron chi connectivity index (χ2n) is 17.0. The molecule has 2 aromatic heterocycles. The summed E-state index contributed by atoms with van der Waals surface area (Å²) in [5, 5.41) is 8.12. The first-order valence-electron chi connectivity index (χ1n) is 20.6. The number of likely N-dealkylation sites (tertiary alicyclic amines) is 1. The van der Waals surface area contributed by atoms with E-state index in [-0.39, 0.29) is 36.9 Å². The first-order chi connectivity index (χ1) is 29.1. The van der Waals surface area contributed by atoms with Crippen LogP contribution in [0, 0.1) is 24.6 Å². The second kappa shape index (κ2) is 16.9. The van der Waals surface area contributed by atoms with Gasteiger partial charge in [-0.3, -0.25) is 19.1 Å². The highest BCUT2D eigenvalue weighted by atomic mass is 32.2. The Kier molecular flexibility index (Phi) is 12.3. The number of rotatable bonds is 15. The number of anilines is 1. The van der Waals surface area contributed by atoms with Crippen molar-refractivity contribution in [1.29, 1.82) is 0 Å². The number of aryl methyl sites for hydroxylation is 1. The molecule has 1 saturated heterocycles. The van der Waals surface area contributed by atoms with Crippen LogP contribution in [0.3, 0.4) is 0 Å². The van der Waals surface area contributed by atoms with Gasteiger partial charge in [0.05, 0.1) is 35.7 Å². The molecule has 2 saturated carbocycles. The van der Waals surface area contributed by atoms with Crippen LogP contribution in [0.4, 0.5) is 23.2 Å². The number of carbonyl (C=O) groups excluding carboxylic acids is 3. The number of fused-ring (bicyclic) bond motifs is 1. The number of thiazole rings is 1. The zero-order valence-corrected chi connectivity index (χ0v) is 37.0. The molecule has 3 fully saturated rings. The third-order valence-electron chi connectivity index (χ3n) is 11.9. The van der Waals surface area contributed by atoms with Crippen LogP contribution in [-0.2, 0) is 30.6 Å². The van der Waals surface area contributed by atoms with Gasteiger partial charge in [-0.1, -0.05) is 41.0 Å². The average Bonchev–Trinajstić information content (AvgIpc) is 4.09. The molecule has 7 rings (SSSR count). The lowest BCUT2D eigenvalue weighted by atomic mass is 10.0. The van der Waals surface area contributed by atoms with Crippen molar-refractivity contribution in [3.8, 4) is 22.2 Å². The molecule has 13 nitrogen and oxygen atoms in total. The Balaban J connectivity index is 1.25. The van der Waals surface area contributed by atoms with Crippen molar-refractivity contribution >= 4 is 55.7 Å². The standard InChI is InChI=1S/C43H50F4N6O7S2/c1-8-24-18-42(24,41(56)52-62(57,58)29-9-10-29)51-38(54)33-16-28(19-53(33)40(55)36(22(4)5)48-27-14-25(43(45,46)47)13-26(44)15-27)60-35-17-31(39-50-32(20-61-39)21(2)3)49-37-23(6)34(59-7)12-11-30(35)37/h11-15,17,20-22,24,28-29,33,36,48H,8-10,16,18-19H2,1-7H3,(H,51,54)(H,52,56). The van der Waals surface area contributed by atoms with Gasteiger partial charge in [-0.15, -0.1) is 11.3 Å². The summed E-state index contributed by atoms with van der Waals surface area (Å²) in [6.07, 6.45) is -4.35. The summed E-state index contributed by atoms with van der Waals surface area (Å²) in [7, 11) is -2.41. The lowest BCUT2D eigenvalue weighted by Gasteiger charge is -2.32. The van der Waals surface area contributed by atoms with E-state index in [1.54, 1.807) is 39.2 Å². The molecule has 0 radical (unpaired) electrons. The maximum absolute atomic E-state index is 14.7. The van der Waals surface area contributed by atoms with Crippen LogP contribution in [0.15, 0.2) is 41.8 Å². The molecule has 1 aliphatic heterocycles. The monoisotopic (exact) mass is 902 g/mol. The number of pyridine rings is 1. The third-order valence-corrected chi connectivity index (χ3v) is 14.6. The molecule has 334 valence electrons. The number of ether oxygens (including phenoxy) is 2. The molecule has 62 heavy (non-hydrogen) atoms. The Morgan fingerprint density at radius 1 is 1.05 bits per heavy atom. The lowest BCUT2D eigenvalue weighted by Crippen LogP contribution is -2.58. The summed E-state index contributed by atoms with van der Waals surface area (Å²) in [6.45, 7) is 10.9. The van der Waals surface area contributed by atoms with E-state index in [1.807, 2.05) is 33.1 Å². The van der Waals surface area contributed by atoms with Gasteiger partial charge < -0.3 is 25.0 Å². The summed E-state index contributed by atoms with van der Waals surface area (Å²) in [5.74, 6) is -3.29. The maximum atomic E-state index is 14.7. The second-order valence-corrected chi connectivity index (χ2v) is 19.9. The smallest absolute Gasteiger partial charge is 0.416 e. The van der Waals surface area contributed by atoms with E-state index in [2.05, 4.69) is 15.4 Å². The molecule has 4 aromatic rings. The van der Waals surface area contributed by atoms with Crippen LogP contribution < -0.4 is 24.8 Å². The number of alkyl halides is 3. The maximum Gasteiger partial charge on any atom is 0.416 e. The predicted molar refractivity (Wildman–Crippen MR) is 226 cm³/mol. The molecule has 19 heteroatoms. The Hall–Kier alpha value is -5.04. The van der Waals surface area contributed by atoms with E-state index in [4.69, 9.17) is 19.4 Å². The van der Waals surface area contributed by atoms with E-state index in [1.165, 1.54) is 16.2 Å². The van der Waals surface area contributed by atoms with Crippen LogP contribution in [0.25, 0.3) is 21.6 Å². The average molecular weight is 903 g/mol. The quantitative estimate of drug-likeness (QED) is 0.103. The lowest BCUT2D eigenvalue weighted by molar-refractivity contribution is -0.140. The van der Waals surface area contributed by atoms with E-state index < -0.39 is 80.2 Å². The molecular formula is C43H50F4N6O7S2. The van der Waals surface area contributed by atoms with Gasteiger partial charge in [0.1, 0.15) is 51.7 Å². The summed E-state index contributed by atoms with van der Waals surface area (Å²) >= 11 is 1.42. The van der Waals surface area contributed by atoms with Crippen molar-refractivity contribution < 1.29 is 49.8 Å². The van der Waals surface area contributed by atoms with Crippen LogP contribution in [-0.4, -0.2) is 83.6 Å². The molecule has 3 N–H and O–H groups in total. The van der Waals surface area contributed by atoms with Gasteiger partial charge in [0.2, 0.25) is 21.8 Å². The minimum atomic E-state index is -4.87. The van der Waals surface area contributed by atoms with Crippen LogP contribution in [0.5, 0.6) is 11.5 Å². The highest BCUT2D eigenvalue weighted by Crippen LogP contribution is 2.47. The fraction of sp³-hybridized carbons (Fsp3) is 0.512. The van der Waals surface area contributed by atoms with Crippen LogP contribution >= 0.6 is 11.3 Å². The number of methoxy groups -OCH3 is 1. The first kappa shape index (κ1) is 45.0. The zero-order chi connectivity index (χ0) is 45.1. The SMILES string of the molecule is CCC1CC1(NC(=O)C1CC(Oc2cc(-c3nc(C(C)C)cs3)nc3c(C)c(OC)ccc23)CN1C(=O)C(Nc1cc(F)cc(C(F)(F)F)c1)C(C)C)C(=O)NS(=O)(=O)C1CC1. The Bertz CT molecular complexity index is 2510. The van der Waals surface area contributed by atoms with E-state index in [0.717, 1.165) is 17.3 Å². The Morgan fingerprint density at radius 3 is 2.37 bits per heavy atom. The molecular weight excluding hydrogens is 853 g/mol. The summed E-state index contributed by atoms with van der Waals surface area (Å²) in [5.41, 5.74) is -0.388. The van der Waals surface area contributed by atoms with E-state index in [0.29, 0.717) is 64.5 Å². The van der Waals surface area contributed by atoms with Crippen molar-refractivity contribution in [2.45, 2.75) is 115 Å². The molecule has 3 amide bonds. The van der Waals surface area contributed by atoms with Crippen molar-refractivity contribution in [2.75, 3.05) is 19.0 Å². The van der Waals surface area contributed by atoms with Crippen molar-refractivity contribution in [3.05, 3.63) is 64.4 Å². The molecule has 3 heterocycles. The van der Waals surface area contributed by atoms with Crippen molar-refractivity contribution in [2.24, 2.45) is 11.8 Å². The third kappa shape index (κ3) is 9.05.